The first kappa shape index (κ1) is 37.0. The highest BCUT2D eigenvalue weighted by atomic mass is 16.8. The Morgan fingerprint density at radius 3 is 1.02 bits per heavy atom. The quantitative estimate of drug-likeness (QED) is 0.103. The molecule has 0 radical (unpaired) electrons. The molecule has 0 aromatic heterocycles. The van der Waals surface area contributed by atoms with E-state index >= 15 is 0 Å². The van der Waals surface area contributed by atoms with Crippen molar-refractivity contribution in [1.82, 2.24) is 0 Å². The molecule has 0 aromatic carbocycles. The fourth-order valence-corrected chi connectivity index (χ4v) is 5.53. The van der Waals surface area contributed by atoms with Gasteiger partial charge in [-0.2, -0.15) is 0 Å². The lowest BCUT2D eigenvalue weighted by atomic mass is 9.95. The molecule has 4 fully saturated rings. The fraction of sp³-hybridized carbons (Fsp3) is 1.00. The lowest BCUT2D eigenvalue weighted by Gasteiger charge is -2.49. The van der Waals surface area contributed by atoms with Crippen LogP contribution in [0.3, 0.4) is 0 Å². The van der Waals surface area contributed by atoms with Gasteiger partial charge in [-0.15, -0.1) is 0 Å². The maximum absolute atomic E-state index is 11.1. The zero-order valence-electron chi connectivity index (χ0n) is 23.5. The number of hydrogen-bond acceptors (Lipinski definition) is 21. The number of aliphatic hydroxyl groups excluding tert-OH is 14. The summed E-state index contributed by atoms with van der Waals surface area (Å²) < 4.78 is 37.5. The average molecular weight is 667 g/mol. The van der Waals surface area contributed by atoms with Crippen molar-refractivity contribution in [2.24, 2.45) is 0 Å². The Hall–Kier alpha value is -0.840. The lowest BCUT2D eigenvalue weighted by Crippen LogP contribution is -2.67. The number of hydrogen-bond donors (Lipinski definition) is 14. The van der Waals surface area contributed by atoms with Gasteiger partial charge in [-0.1, -0.05) is 0 Å². The summed E-state index contributed by atoms with van der Waals surface area (Å²) in [5.41, 5.74) is 0. The lowest BCUT2D eigenvalue weighted by molar-refractivity contribution is -0.389. The third kappa shape index (κ3) is 7.44. The molecular weight excluding hydrogens is 624 g/mol. The van der Waals surface area contributed by atoms with Crippen molar-refractivity contribution >= 4 is 0 Å². The minimum atomic E-state index is -2.05. The van der Waals surface area contributed by atoms with Gasteiger partial charge in [0.15, 0.2) is 25.2 Å². The van der Waals surface area contributed by atoms with E-state index in [1.165, 1.54) is 0 Å². The van der Waals surface area contributed by atoms with E-state index in [-0.39, 0.29) is 0 Å². The second-order valence-corrected chi connectivity index (χ2v) is 11.1. The van der Waals surface area contributed by atoms with Crippen molar-refractivity contribution in [3.05, 3.63) is 0 Å². The summed E-state index contributed by atoms with van der Waals surface area (Å²) in [7, 11) is 0. The third-order valence-electron chi connectivity index (χ3n) is 8.21. The van der Waals surface area contributed by atoms with Crippen LogP contribution in [-0.2, 0) is 33.2 Å². The third-order valence-corrected chi connectivity index (χ3v) is 8.21. The van der Waals surface area contributed by atoms with Gasteiger partial charge in [0, 0.05) is 0 Å². The Bertz CT molecular complexity index is 916. The number of aliphatic hydroxyl groups is 14. The van der Waals surface area contributed by atoms with Gasteiger partial charge in [0.05, 0.1) is 26.4 Å². The van der Waals surface area contributed by atoms with Crippen LogP contribution < -0.4 is 0 Å². The monoisotopic (exact) mass is 666 g/mol. The Labute approximate surface area is 254 Å². The normalized spacial score (nSPS) is 52.9. The van der Waals surface area contributed by atoms with E-state index in [9.17, 15) is 71.5 Å². The van der Waals surface area contributed by atoms with E-state index in [1.807, 2.05) is 0 Å². The first-order valence-corrected chi connectivity index (χ1v) is 14.1. The SMILES string of the molecule is OC[C@H]1O[C@H](O[C@@H]2[C@@H](O)[C@@H](O[C@@H]3[C@@H](O)[C@@H](O[C@H]4[C@H](O)[C@@H](CO)OC(O)[C@@H]4O)O[C@H](CO)[C@H]3O)O[C@H](CO)[C@H]2O)[C@H](O)[C@@H](O)[C@@H]1O. The second-order valence-electron chi connectivity index (χ2n) is 11.1. The molecule has 1 unspecified atom stereocenters. The Morgan fingerprint density at radius 2 is 0.644 bits per heavy atom. The van der Waals surface area contributed by atoms with E-state index in [0.717, 1.165) is 0 Å². The summed E-state index contributed by atoms with van der Waals surface area (Å²) in [5.74, 6) is 0. The number of rotatable bonds is 10. The first-order valence-electron chi connectivity index (χ1n) is 14.1. The summed E-state index contributed by atoms with van der Waals surface area (Å²) in [6.45, 7) is -3.42. The molecule has 264 valence electrons. The summed E-state index contributed by atoms with van der Waals surface area (Å²) >= 11 is 0. The van der Waals surface area contributed by atoms with Crippen LogP contribution in [0.1, 0.15) is 0 Å². The Morgan fingerprint density at radius 1 is 0.333 bits per heavy atom. The van der Waals surface area contributed by atoms with Crippen molar-refractivity contribution in [3.63, 3.8) is 0 Å². The van der Waals surface area contributed by atoms with Gasteiger partial charge in [0.2, 0.25) is 0 Å². The highest BCUT2D eigenvalue weighted by Crippen LogP contribution is 2.34. The zero-order chi connectivity index (χ0) is 33.3. The molecule has 21 heteroatoms. The smallest absolute Gasteiger partial charge is 0.187 e. The van der Waals surface area contributed by atoms with E-state index < -0.39 is 149 Å². The van der Waals surface area contributed by atoms with Crippen molar-refractivity contribution < 1.29 is 105 Å². The van der Waals surface area contributed by atoms with E-state index in [1.54, 1.807) is 0 Å². The summed E-state index contributed by atoms with van der Waals surface area (Å²) in [6, 6.07) is 0. The van der Waals surface area contributed by atoms with E-state index in [4.69, 9.17) is 33.2 Å². The van der Waals surface area contributed by atoms with Gasteiger partial charge in [0.1, 0.15) is 97.7 Å². The standard InChI is InChI=1S/C24H42O21/c25-1-5-9(29)13(33)14(34)22(40-5)44-19-11(31)7(3-27)42-24(16(19)36)45-20-12(32)8(4-28)41-23(17(20)37)43-18-10(30)6(2-26)39-21(38)15(18)35/h5-38H,1-4H2/t5-,6-,7-,8-,9-,10-,11-,12-,13+,14-,15-,16-,17-,18+,19+,20+,21?,22-,23-,24-/m1/s1. The van der Waals surface area contributed by atoms with Gasteiger partial charge in [0.25, 0.3) is 0 Å². The minimum Gasteiger partial charge on any atom is -0.394 e. The Kier molecular flexibility index (Phi) is 12.8. The van der Waals surface area contributed by atoms with Crippen LogP contribution in [-0.4, -0.2) is 221 Å². The van der Waals surface area contributed by atoms with Crippen LogP contribution in [0.15, 0.2) is 0 Å². The summed E-state index contributed by atoms with van der Waals surface area (Å²) in [5, 5.41) is 143. The summed E-state index contributed by atoms with van der Waals surface area (Å²) in [6.07, 6.45) is -36.1. The van der Waals surface area contributed by atoms with Crippen molar-refractivity contribution in [2.45, 2.75) is 123 Å². The molecule has 4 aliphatic rings. The van der Waals surface area contributed by atoms with Gasteiger partial charge in [-0.05, 0) is 0 Å². The minimum absolute atomic E-state index is 0.802. The van der Waals surface area contributed by atoms with Gasteiger partial charge in [-0.25, -0.2) is 0 Å². The van der Waals surface area contributed by atoms with Crippen LogP contribution >= 0.6 is 0 Å². The van der Waals surface area contributed by atoms with Crippen molar-refractivity contribution in [3.8, 4) is 0 Å². The second kappa shape index (κ2) is 15.6. The predicted molar refractivity (Wildman–Crippen MR) is 134 cm³/mol. The molecular formula is C24H42O21. The molecule has 4 heterocycles. The van der Waals surface area contributed by atoms with Crippen molar-refractivity contribution in [2.75, 3.05) is 26.4 Å². The molecule has 0 aromatic rings. The molecule has 0 aliphatic carbocycles. The molecule has 21 nitrogen and oxygen atoms in total. The molecule has 4 aliphatic heterocycles. The highest BCUT2D eigenvalue weighted by molar-refractivity contribution is 4.97. The number of ether oxygens (including phenoxy) is 7. The molecule has 0 saturated carbocycles. The Balaban J connectivity index is 1.53. The molecule has 0 amide bonds. The summed E-state index contributed by atoms with van der Waals surface area (Å²) in [4.78, 5) is 0. The largest absolute Gasteiger partial charge is 0.394 e. The highest BCUT2D eigenvalue weighted by Gasteiger charge is 2.55. The molecule has 20 atom stereocenters. The average Bonchev–Trinajstić information content (AvgIpc) is 3.02. The van der Waals surface area contributed by atoms with Gasteiger partial charge < -0.3 is 105 Å². The van der Waals surface area contributed by atoms with Gasteiger partial charge >= 0.3 is 0 Å². The van der Waals surface area contributed by atoms with Gasteiger partial charge in [-0.3, -0.25) is 0 Å². The maximum atomic E-state index is 11.1. The molecule has 0 spiro atoms. The fourth-order valence-electron chi connectivity index (χ4n) is 5.53. The van der Waals surface area contributed by atoms with Crippen LogP contribution in [0.4, 0.5) is 0 Å². The maximum Gasteiger partial charge on any atom is 0.187 e. The molecule has 14 N–H and O–H groups in total. The predicted octanol–water partition coefficient (Wildman–Crippen LogP) is -9.75. The van der Waals surface area contributed by atoms with E-state index in [0.29, 0.717) is 0 Å². The molecule has 4 rings (SSSR count). The van der Waals surface area contributed by atoms with Crippen LogP contribution in [0, 0.1) is 0 Å². The molecule has 4 saturated heterocycles. The van der Waals surface area contributed by atoms with E-state index in [2.05, 4.69) is 0 Å². The van der Waals surface area contributed by atoms with Crippen LogP contribution in [0.2, 0.25) is 0 Å². The molecule has 0 bridgehead atoms. The first-order chi connectivity index (χ1) is 21.3. The van der Waals surface area contributed by atoms with Crippen LogP contribution in [0.25, 0.3) is 0 Å². The van der Waals surface area contributed by atoms with Crippen LogP contribution in [0.5, 0.6) is 0 Å². The zero-order valence-corrected chi connectivity index (χ0v) is 23.5. The molecule has 45 heavy (non-hydrogen) atoms. The van der Waals surface area contributed by atoms with Crippen molar-refractivity contribution in [1.29, 1.82) is 0 Å². The topological polar surface area (TPSA) is 348 Å².